The highest BCUT2D eigenvalue weighted by Crippen LogP contribution is 2.38. The zero-order valence-electron chi connectivity index (χ0n) is 17.8. The fraction of sp³-hybridized carbons (Fsp3) is 0.842. The molecule has 8 nitrogen and oxygen atoms in total. The van der Waals surface area contributed by atoms with Gasteiger partial charge in [-0.25, -0.2) is 4.79 Å². The number of hydrogen-bond donors (Lipinski definition) is 3. The fourth-order valence-corrected chi connectivity index (χ4v) is 3.27. The molecule has 0 unspecified atom stereocenters. The van der Waals surface area contributed by atoms with Gasteiger partial charge in [0, 0.05) is 40.8 Å². The summed E-state index contributed by atoms with van der Waals surface area (Å²) < 4.78 is 5.19. The van der Waals surface area contributed by atoms with E-state index in [9.17, 15) is 9.59 Å². The third kappa shape index (κ3) is 8.05. The number of nitrogens with one attached hydrogen (secondary N) is 3. The van der Waals surface area contributed by atoms with E-state index in [4.69, 9.17) is 4.74 Å². The van der Waals surface area contributed by atoms with Crippen LogP contribution in [-0.4, -0.2) is 69.2 Å². The lowest BCUT2D eigenvalue weighted by atomic mass is 9.84. The van der Waals surface area contributed by atoms with Gasteiger partial charge in [0.05, 0.1) is 5.41 Å². The van der Waals surface area contributed by atoms with Gasteiger partial charge >= 0.3 is 6.09 Å². The lowest BCUT2D eigenvalue weighted by Crippen LogP contribution is -2.49. The molecule has 3 N–H and O–H groups in total. The first kappa shape index (κ1) is 23.0. The van der Waals surface area contributed by atoms with Crippen molar-refractivity contribution < 1.29 is 14.3 Å². The van der Waals surface area contributed by atoms with E-state index in [0.717, 1.165) is 32.1 Å². The Morgan fingerprint density at radius 1 is 1.07 bits per heavy atom. The first-order chi connectivity index (χ1) is 12.6. The Labute approximate surface area is 163 Å². The van der Waals surface area contributed by atoms with E-state index in [2.05, 4.69) is 20.9 Å². The molecule has 0 radical (unpaired) electrons. The van der Waals surface area contributed by atoms with Crippen molar-refractivity contribution in [3.8, 4) is 0 Å². The SMILES string of the molecule is CN=C(NCCCNC(=O)OC(C)(C)C)NCC1(C(=O)N(C)C)CCCC1. The van der Waals surface area contributed by atoms with E-state index in [1.807, 2.05) is 34.9 Å². The molecule has 1 rings (SSSR count). The largest absolute Gasteiger partial charge is 0.444 e. The summed E-state index contributed by atoms with van der Waals surface area (Å²) in [5, 5.41) is 9.25. The minimum absolute atomic E-state index is 0.185. The predicted molar refractivity (Wildman–Crippen MR) is 108 cm³/mol. The normalized spacial score (nSPS) is 16.6. The Balaban J connectivity index is 2.34. The third-order valence-electron chi connectivity index (χ3n) is 4.55. The van der Waals surface area contributed by atoms with E-state index >= 15 is 0 Å². The van der Waals surface area contributed by atoms with Crippen LogP contribution in [0.5, 0.6) is 0 Å². The molecule has 1 aliphatic rings. The average molecular weight is 384 g/mol. The molecule has 1 fully saturated rings. The molecule has 156 valence electrons. The van der Waals surface area contributed by atoms with Gasteiger partial charge in [-0.05, 0) is 40.0 Å². The van der Waals surface area contributed by atoms with E-state index in [-0.39, 0.29) is 11.3 Å². The van der Waals surface area contributed by atoms with E-state index in [0.29, 0.717) is 25.6 Å². The Kier molecular flexibility index (Phi) is 8.85. The molecule has 1 aliphatic carbocycles. The highest BCUT2D eigenvalue weighted by Gasteiger charge is 2.42. The number of guanidine groups is 1. The molecule has 0 aliphatic heterocycles. The Morgan fingerprint density at radius 2 is 1.67 bits per heavy atom. The number of carbonyl (C=O) groups is 2. The van der Waals surface area contributed by atoms with Gasteiger partial charge in [-0.3, -0.25) is 9.79 Å². The zero-order valence-corrected chi connectivity index (χ0v) is 17.8. The van der Waals surface area contributed by atoms with Gasteiger partial charge in [-0.1, -0.05) is 12.8 Å². The van der Waals surface area contributed by atoms with Gasteiger partial charge in [-0.2, -0.15) is 0 Å². The molecule has 8 heteroatoms. The van der Waals surface area contributed by atoms with Crippen LogP contribution in [0.3, 0.4) is 0 Å². The molecular weight excluding hydrogens is 346 g/mol. The molecule has 0 aromatic carbocycles. The van der Waals surface area contributed by atoms with Crippen molar-refractivity contribution in [1.82, 2.24) is 20.9 Å². The number of nitrogens with zero attached hydrogens (tertiary/aromatic N) is 2. The Morgan fingerprint density at radius 3 is 2.19 bits per heavy atom. The van der Waals surface area contributed by atoms with E-state index < -0.39 is 11.7 Å². The number of hydrogen-bond acceptors (Lipinski definition) is 4. The smallest absolute Gasteiger partial charge is 0.407 e. The Hall–Kier alpha value is -1.99. The maximum absolute atomic E-state index is 12.6. The van der Waals surface area contributed by atoms with Crippen molar-refractivity contribution in [3.05, 3.63) is 0 Å². The molecule has 0 bridgehead atoms. The average Bonchev–Trinajstić information content (AvgIpc) is 3.04. The standard InChI is InChI=1S/C19H37N5O3/c1-18(2,3)27-17(26)22-13-9-12-21-16(20-4)23-14-19(10-7-8-11-19)15(25)24(5)6/h7-14H2,1-6H3,(H,22,26)(H2,20,21,23). The molecule has 0 spiro atoms. The number of carbonyl (C=O) groups excluding carboxylic acids is 2. The van der Waals surface area contributed by atoms with Crippen LogP contribution >= 0.6 is 0 Å². The minimum atomic E-state index is -0.492. The van der Waals surface area contributed by atoms with Gasteiger partial charge in [0.1, 0.15) is 5.60 Å². The molecule has 2 amide bonds. The van der Waals surface area contributed by atoms with Gasteiger partial charge in [0.15, 0.2) is 5.96 Å². The minimum Gasteiger partial charge on any atom is -0.444 e. The lowest BCUT2D eigenvalue weighted by molar-refractivity contribution is -0.138. The molecular formula is C19H37N5O3. The monoisotopic (exact) mass is 383 g/mol. The van der Waals surface area contributed by atoms with Crippen molar-refractivity contribution in [2.24, 2.45) is 10.4 Å². The Bertz CT molecular complexity index is 520. The second-order valence-corrected chi connectivity index (χ2v) is 8.32. The van der Waals surface area contributed by atoms with Crippen molar-refractivity contribution >= 4 is 18.0 Å². The second-order valence-electron chi connectivity index (χ2n) is 8.32. The van der Waals surface area contributed by atoms with Gasteiger partial charge in [0.25, 0.3) is 0 Å². The first-order valence-electron chi connectivity index (χ1n) is 9.73. The summed E-state index contributed by atoms with van der Waals surface area (Å²) in [5.41, 5.74) is -0.826. The van der Waals surface area contributed by atoms with Crippen molar-refractivity contribution in [2.45, 2.75) is 58.5 Å². The van der Waals surface area contributed by atoms with E-state index in [1.165, 1.54) is 0 Å². The van der Waals surface area contributed by atoms with Crippen LogP contribution in [0.25, 0.3) is 0 Å². The van der Waals surface area contributed by atoms with Gasteiger partial charge in [-0.15, -0.1) is 0 Å². The molecule has 27 heavy (non-hydrogen) atoms. The molecule has 0 heterocycles. The summed E-state index contributed by atoms with van der Waals surface area (Å²) in [5.74, 6) is 0.856. The molecule has 1 saturated carbocycles. The molecule has 0 atom stereocenters. The van der Waals surface area contributed by atoms with Crippen LogP contribution in [-0.2, 0) is 9.53 Å². The maximum atomic E-state index is 12.6. The number of ether oxygens (including phenoxy) is 1. The van der Waals surface area contributed by atoms with Gasteiger partial charge in [0.2, 0.25) is 5.91 Å². The zero-order chi connectivity index (χ0) is 20.5. The quantitative estimate of drug-likeness (QED) is 0.353. The number of aliphatic imine (C=N–C) groups is 1. The van der Waals surface area contributed by atoms with Crippen LogP contribution in [0.4, 0.5) is 4.79 Å². The second kappa shape index (κ2) is 10.4. The van der Waals surface area contributed by atoms with Crippen LogP contribution < -0.4 is 16.0 Å². The maximum Gasteiger partial charge on any atom is 0.407 e. The van der Waals surface area contributed by atoms with Crippen LogP contribution in [0.15, 0.2) is 4.99 Å². The number of amides is 2. The summed E-state index contributed by atoms with van der Waals surface area (Å²) in [7, 11) is 5.34. The van der Waals surface area contributed by atoms with Crippen molar-refractivity contribution in [3.63, 3.8) is 0 Å². The predicted octanol–water partition coefficient (Wildman–Crippen LogP) is 1.71. The summed E-state index contributed by atoms with van der Waals surface area (Å²) in [6, 6.07) is 0. The van der Waals surface area contributed by atoms with Crippen molar-refractivity contribution in [2.75, 3.05) is 40.8 Å². The van der Waals surface area contributed by atoms with Crippen LogP contribution in [0, 0.1) is 5.41 Å². The van der Waals surface area contributed by atoms with Crippen LogP contribution in [0.2, 0.25) is 0 Å². The summed E-state index contributed by atoms with van der Waals surface area (Å²) in [6.45, 7) is 7.26. The first-order valence-corrected chi connectivity index (χ1v) is 9.73. The van der Waals surface area contributed by atoms with Gasteiger partial charge < -0.3 is 25.6 Å². The summed E-state index contributed by atoms with van der Waals surface area (Å²) in [6.07, 6.45) is 4.33. The molecule has 0 saturated heterocycles. The topological polar surface area (TPSA) is 95.1 Å². The van der Waals surface area contributed by atoms with Crippen molar-refractivity contribution in [1.29, 1.82) is 0 Å². The van der Waals surface area contributed by atoms with E-state index in [1.54, 1.807) is 11.9 Å². The highest BCUT2D eigenvalue weighted by atomic mass is 16.6. The fourth-order valence-electron chi connectivity index (χ4n) is 3.27. The summed E-state index contributed by atoms with van der Waals surface area (Å²) in [4.78, 5) is 30.1. The summed E-state index contributed by atoms with van der Waals surface area (Å²) >= 11 is 0. The molecule has 0 aromatic heterocycles. The number of rotatable bonds is 7. The third-order valence-corrected chi connectivity index (χ3v) is 4.55. The highest BCUT2D eigenvalue weighted by molar-refractivity contribution is 5.85. The number of alkyl carbamates (subject to hydrolysis) is 1. The lowest BCUT2D eigenvalue weighted by Gasteiger charge is -2.31. The van der Waals surface area contributed by atoms with Crippen LogP contribution in [0.1, 0.15) is 52.9 Å². The molecule has 0 aromatic rings.